The topological polar surface area (TPSA) is 110 Å². The summed E-state index contributed by atoms with van der Waals surface area (Å²) in [4.78, 5) is 24.7. The Hall–Kier alpha value is -5.58. The number of Topliss-reactive ketones (excluding diaryl/α,β-unsaturated/α-hetero) is 1. The Labute approximate surface area is 333 Å². The van der Waals surface area contributed by atoms with Gasteiger partial charge < -0.3 is 33.5 Å². The second-order valence-electron chi connectivity index (χ2n) is 13.8. The van der Waals surface area contributed by atoms with Crippen molar-refractivity contribution < 1.29 is 43.1 Å². The van der Waals surface area contributed by atoms with E-state index < -0.39 is 5.97 Å². The van der Waals surface area contributed by atoms with Crippen LogP contribution in [0.1, 0.15) is 36.0 Å². The molecular formula is C48H48O9. The summed E-state index contributed by atoms with van der Waals surface area (Å²) in [5, 5.41) is 12.9. The molecule has 0 fully saturated rings. The molecule has 0 aliphatic carbocycles. The number of fused-ring (bicyclic) bond motifs is 7. The highest BCUT2D eigenvalue weighted by molar-refractivity contribution is 6.15. The number of hydrogen-bond donors (Lipinski definition) is 1. The first kappa shape index (κ1) is 39.6. The molecule has 0 unspecified atom stereocenters. The fraction of sp³-hybridized carbons (Fsp3) is 0.292. The standard InChI is InChI=1S/C48H48O9/c49-43(17-9-10-18-44(50)51)37-19-20-40-38(31-37)33-42(35-13-5-2-6-14-35)48-46(40)45-39-16-8-7-15-36(39)32-41(34-11-3-1-4-12-34)47(45)56-29-27-54-25-23-52-21-22-53-24-26-55-28-30-57-48/h1-8,11-16,19-20,31-33H,9-10,17-18,21-30H2,(H,50,51). The van der Waals surface area contributed by atoms with E-state index in [1.165, 1.54) is 0 Å². The predicted molar refractivity (Wildman–Crippen MR) is 222 cm³/mol. The van der Waals surface area contributed by atoms with Crippen LogP contribution in [-0.2, 0) is 23.7 Å². The van der Waals surface area contributed by atoms with Gasteiger partial charge in [-0.2, -0.15) is 0 Å². The molecule has 6 aromatic rings. The summed E-state index contributed by atoms with van der Waals surface area (Å²) in [5.41, 5.74) is 6.01. The summed E-state index contributed by atoms with van der Waals surface area (Å²) in [5.74, 6) is 0.473. The maximum absolute atomic E-state index is 13.6. The lowest BCUT2D eigenvalue weighted by molar-refractivity contribution is -0.137. The van der Waals surface area contributed by atoms with E-state index in [9.17, 15) is 9.59 Å². The van der Waals surface area contributed by atoms with E-state index in [2.05, 4.69) is 48.5 Å². The van der Waals surface area contributed by atoms with E-state index in [1.807, 2.05) is 66.7 Å². The third-order valence-corrected chi connectivity index (χ3v) is 9.94. The quantitative estimate of drug-likeness (QED) is 0.120. The third kappa shape index (κ3) is 10.1. The zero-order valence-electron chi connectivity index (χ0n) is 32.1. The van der Waals surface area contributed by atoms with Crippen molar-refractivity contribution in [3.05, 3.63) is 121 Å². The van der Waals surface area contributed by atoms with Crippen LogP contribution in [-0.4, -0.2) is 82.9 Å². The van der Waals surface area contributed by atoms with Crippen molar-refractivity contribution in [2.24, 2.45) is 0 Å². The molecule has 0 saturated carbocycles. The molecule has 1 heterocycles. The summed E-state index contributed by atoms with van der Waals surface area (Å²) >= 11 is 0. The van der Waals surface area contributed by atoms with E-state index in [1.54, 1.807) is 0 Å². The van der Waals surface area contributed by atoms with Gasteiger partial charge in [-0.3, -0.25) is 9.59 Å². The van der Waals surface area contributed by atoms with Gasteiger partial charge in [-0.25, -0.2) is 0 Å². The number of carbonyl (C=O) groups is 2. The SMILES string of the molecule is O=C(O)CCCCC(=O)c1ccc2c3c(c(-c4ccccc4)cc2c1)OCCOCCOCCOCCOCCOc1c(-c2ccccc2)cc2ccccc2c1-3. The normalized spacial score (nSPS) is 14.8. The van der Waals surface area contributed by atoms with E-state index in [-0.39, 0.29) is 31.8 Å². The number of aliphatic carboxylic acids is 1. The molecule has 9 heteroatoms. The van der Waals surface area contributed by atoms with Gasteiger partial charge >= 0.3 is 5.97 Å². The Morgan fingerprint density at radius 2 is 0.930 bits per heavy atom. The Bertz CT molecular complexity index is 2270. The Kier molecular flexibility index (Phi) is 13.9. The van der Waals surface area contributed by atoms with Crippen LogP contribution in [0.4, 0.5) is 0 Å². The van der Waals surface area contributed by atoms with E-state index in [4.69, 9.17) is 33.5 Å². The van der Waals surface area contributed by atoms with Crippen LogP contribution in [0.3, 0.4) is 0 Å². The number of carboxylic acid groups (broad SMARTS) is 1. The maximum Gasteiger partial charge on any atom is 0.303 e. The minimum absolute atomic E-state index is 0.0304. The van der Waals surface area contributed by atoms with Crippen molar-refractivity contribution in [3.63, 3.8) is 0 Å². The lowest BCUT2D eigenvalue weighted by Crippen LogP contribution is -2.15. The van der Waals surface area contributed by atoms with Crippen molar-refractivity contribution in [1.29, 1.82) is 0 Å². The number of rotatable bonds is 8. The fourth-order valence-electron chi connectivity index (χ4n) is 7.22. The average molecular weight is 769 g/mol. The molecule has 0 aromatic heterocycles. The van der Waals surface area contributed by atoms with E-state index in [0.29, 0.717) is 82.8 Å². The second-order valence-corrected chi connectivity index (χ2v) is 13.8. The molecule has 57 heavy (non-hydrogen) atoms. The van der Waals surface area contributed by atoms with Crippen molar-refractivity contribution in [1.82, 2.24) is 0 Å². The minimum Gasteiger partial charge on any atom is -0.490 e. The van der Waals surface area contributed by atoms with E-state index >= 15 is 0 Å². The van der Waals surface area contributed by atoms with Gasteiger partial charge in [0.05, 0.1) is 52.9 Å². The zero-order valence-corrected chi connectivity index (χ0v) is 32.1. The van der Waals surface area contributed by atoms with Gasteiger partial charge in [-0.05, 0) is 63.7 Å². The summed E-state index contributed by atoms with van der Waals surface area (Å²) in [6, 6.07) is 38.7. The van der Waals surface area contributed by atoms with Crippen molar-refractivity contribution in [3.8, 4) is 44.9 Å². The number of ketones is 1. The average Bonchev–Trinajstić information content (AvgIpc) is 3.24. The highest BCUT2D eigenvalue weighted by atomic mass is 16.6. The van der Waals surface area contributed by atoms with Crippen molar-refractivity contribution >= 4 is 33.3 Å². The molecule has 1 aliphatic heterocycles. The number of carboxylic acids is 1. The first-order valence-corrected chi connectivity index (χ1v) is 19.7. The number of unbranched alkanes of at least 4 members (excludes halogenated alkanes) is 1. The largest absolute Gasteiger partial charge is 0.490 e. The monoisotopic (exact) mass is 768 g/mol. The molecule has 0 bridgehead atoms. The maximum atomic E-state index is 13.6. The van der Waals surface area contributed by atoms with Gasteiger partial charge in [0.15, 0.2) is 5.78 Å². The molecular weight excluding hydrogens is 721 g/mol. The van der Waals surface area contributed by atoms with Gasteiger partial charge in [0, 0.05) is 40.7 Å². The number of ether oxygens (including phenoxy) is 6. The molecule has 0 atom stereocenters. The van der Waals surface area contributed by atoms with Crippen LogP contribution in [0.2, 0.25) is 0 Å². The smallest absolute Gasteiger partial charge is 0.303 e. The molecule has 6 aromatic carbocycles. The van der Waals surface area contributed by atoms with Crippen LogP contribution in [0.25, 0.3) is 54.9 Å². The number of hydrogen-bond acceptors (Lipinski definition) is 8. The summed E-state index contributed by atoms with van der Waals surface area (Å²) in [6.45, 7) is 3.91. The van der Waals surface area contributed by atoms with Gasteiger partial charge in [0.25, 0.3) is 0 Å². The molecule has 0 radical (unpaired) electrons. The van der Waals surface area contributed by atoms with Crippen LogP contribution in [0.5, 0.6) is 11.5 Å². The van der Waals surface area contributed by atoms with Crippen molar-refractivity contribution in [2.45, 2.75) is 25.7 Å². The van der Waals surface area contributed by atoms with Crippen LogP contribution < -0.4 is 9.47 Å². The van der Waals surface area contributed by atoms with Gasteiger partial charge in [-0.15, -0.1) is 0 Å². The highest BCUT2D eigenvalue weighted by Crippen LogP contribution is 2.52. The number of carbonyl (C=O) groups excluding carboxylic acids is 1. The van der Waals surface area contributed by atoms with Gasteiger partial charge in [-0.1, -0.05) is 97.1 Å². The first-order valence-electron chi connectivity index (χ1n) is 19.7. The Morgan fingerprint density at radius 1 is 0.474 bits per heavy atom. The first-order chi connectivity index (χ1) is 28.1. The molecule has 7 rings (SSSR count). The number of benzene rings is 6. The van der Waals surface area contributed by atoms with Gasteiger partial charge in [0.2, 0.25) is 0 Å². The lowest BCUT2D eigenvalue weighted by Gasteiger charge is -2.24. The molecule has 0 saturated heterocycles. The Morgan fingerprint density at radius 3 is 1.47 bits per heavy atom. The molecule has 1 N–H and O–H groups in total. The van der Waals surface area contributed by atoms with Gasteiger partial charge in [0.1, 0.15) is 24.7 Å². The molecule has 9 nitrogen and oxygen atoms in total. The predicted octanol–water partition coefficient (Wildman–Crippen LogP) is 9.66. The highest BCUT2D eigenvalue weighted by Gasteiger charge is 2.26. The second kappa shape index (κ2) is 20.0. The lowest BCUT2D eigenvalue weighted by atomic mass is 9.85. The minimum atomic E-state index is -0.859. The summed E-state index contributed by atoms with van der Waals surface area (Å²) in [7, 11) is 0. The molecule has 0 amide bonds. The van der Waals surface area contributed by atoms with Crippen LogP contribution in [0.15, 0.2) is 115 Å². The van der Waals surface area contributed by atoms with Crippen LogP contribution in [0, 0.1) is 0 Å². The zero-order chi connectivity index (χ0) is 39.2. The third-order valence-electron chi connectivity index (χ3n) is 9.94. The molecule has 1 aliphatic rings. The van der Waals surface area contributed by atoms with Crippen molar-refractivity contribution in [2.75, 3.05) is 66.1 Å². The van der Waals surface area contributed by atoms with Crippen LogP contribution >= 0.6 is 0 Å². The fourth-order valence-corrected chi connectivity index (χ4v) is 7.22. The van der Waals surface area contributed by atoms with E-state index in [0.717, 1.165) is 54.9 Å². The summed E-state index contributed by atoms with van der Waals surface area (Å²) in [6.07, 6.45) is 1.25. The Balaban J connectivity index is 1.47. The molecule has 294 valence electrons. The summed E-state index contributed by atoms with van der Waals surface area (Å²) < 4.78 is 37.1. The molecule has 0 spiro atoms.